The van der Waals surface area contributed by atoms with Crippen LogP contribution in [0.4, 0.5) is 13.2 Å². The molecule has 1 aromatic rings. The van der Waals surface area contributed by atoms with Crippen molar-refractivity contribution >= 4 is 27.2 Å². The Morgan fingerprint density at radius 2 is 1.90 bits per heavy atom. The normalized spacial score (nSPS) is 12.7. The largest absolute Gasteiger partial charge is 0.417 e. The lowest BCUT2D eigenvalue weighted by atomic mass is 10.2. The molecule has 0 aliphatic heterocycles. The van der Waals surface area contributed by atoms with Crippen LogP contribution < -0.4 is 5.73 Å². The second-order valence-electron chi connectivity index (χ2n) is 3.89. The number of alkyl halides is 3. The van der Waals surface area contributed by atoms with Crippen LogP contribution in [0.5, 0.6) is 0 Å². The van der Waals surface area contributed by atoms with Gasteiger partial charge in [-0.05, 0) is 12.1 Å². The summed E-state index contributed by atoms with van der Waals surface area (Å²) in [6.07, 6.45) is -4.76. The van der Waals surface area contributed by atoms with E-state index >= 15 is 0 Å². The summed E-state index contributed by atoms with van der Waals surface area (Å²) in [5.41, 5.74) is 4.06. The van der Waals surface area contributed by atoms with E-state index in [0.717, 1.165) is 22.5 Å². The van der Waals surface area contributed by atoms with Crippen molar-refractivity contribution in [3.63, 3.8) is 0 Å². The van der Waals surface area contributed by atoms with Crippen molar-refractivity contribution in [2.75, 3.05) is 13.1 Å². The number of thiocarbonyl (C=S) groups is 1. The fourth-order valence-corrected chi connectivity index (χ4v) is 3.48. The summed E-state index contributed by atoms with van der Waals surface area (Å²) in [7, 11) is -4.31. The van der Waals surface area contributed by atoms with Gasteiger partial charge in [-0.15, -0.1) is 0 Å². The molecule has 0 radical (unpaired) electrons. The number of hydrogen-bond acceptors (Lipinski definition) is 3. The summed E-state index contributed by atoms with van der Waals surface area (Å²) >= 11 is 4.61. The first kappa shape index (κ1) is 16.9. The summed E-state index contributed by atoms with van der Waals surface area (Å²) in [6.45, 7) is 1.15. The van der Waals surface area contributed by atoms with Gasteiger partial charge in [0.1, 0.15) is 0 Å². The van der Waals surface area contributed by atoms with Crippen molar-refractivity contribution in [2.24, 2.45) is 5.73 Å². The molecule has 0 fully saturated rings. The van der Waals surface area contributed by atoms with E-state index in [0.29, 0.717) is 0 Å². The number of benzene rings is 1. The van der Waals surface area contributed by atoms with E-state index < -0.39 is 26.7 Å². The Kier molecular flexibility index (Phi) is 5.11. The zero-order valence-corrected chi connectivity index (χ0v) is 12.1. The third-order valence-electron chi connectivity index (χ3n) is 2.50. The lowest BCUT2D eigenvalue weighted by Gasteiger charge is -2.22. The molecule has 112 valence electrons. The average Bonchev–Trinajstić information content (AvgIpc) is 2.34. The second-order valence-corrected chi connectivity index (χ2v) is 6.32. The fraction of sp³-hybridized carbons (Fsp3) is 0.364. The Morgan fingerprint density at radius 1 is 1.35 bits per heavy atom. The molecular weight excluding hydrogens is 313 g/mol. The van der Waals surface area contributed by atoms with Crippen LogP contribution in [0.1, 0.15) is 12.5 Å². The summed E-state index contributed by atoms with van der Waals surface area (Å²) < 4.78 is 64.0. The highest BCUT2D eigenvalue weighted by atomic mass is 32.2. The van der Waals surface area contributed by atoms with E-state index in [-0.39, 0.29) is 18.1 Å². The Hall–Kier alpha value is -1.19. The number of nitrogens with zero attached hydrogens (tertiary/aromatic N) is 1. The summed E-state index contributed by atoms with van der Waals surface area (Å²) in [5, 5.41) is 0. The van der Waals surface area contributed by atoms with Crippen LogP contribution >= 0.6 is 12.2 Å². The predicted molar refractivity (Wildman–Crippen MR) is 72.7 cm³/mol. The molecule has 0 heterocycles. The molecule has 0 saturated carbocycles. The monoisotopic (exact) mass is 326 g/mol. The number of hydrogen-bond donors (Lipinski definition) is 1. The van der Waals surface area contributed by atoms with Crippen molar-refractivity contribution in [3.8, 4) is 0 Å². The molecule has 0 saturated heterocycles. The molecule has 0 bridgehead atoms. The quantitative estimate of drug-likeness (QED) is 0.841. The van der Waals surface area contributed by atoms with Gasteiger partial charge in [0.25, 0.3) is 0 Å². The molecule has 9 heteroatoms. The smallest absolute Gasteiger partial charge is 0.392 e. The van der Waals surface area contributed by atoms with E-state index in [1.54, 1.807) is 0 Å². The van der Waals surface area contributed by atoms with Crippen LogP contribution in [0.25, 0.3) is 0 Å². The van der Waals surface area contributed by atoms with Gasteiger partial charge < -0.3 is 5.73 Å². The lowest BCUT2D eigenvalue weighted by molar-refractivity contribution is -0.139. The first-order valence-corrected chi connectivity index (χ1v) is 7.40. The molecule has 1 rings (SSSR count). The van der Waals surface area contributed by atoms with Crippen LogP contribution in [0.15, 0.2) is 29.2 Å². The van der Waals surface area contributed by atoms with Crippen LogP contribution in [0.3, 0.4) is 0 Å². The highest BCUT2D eigenvalue weighted by Crippen LogP contribution is 2.34. The summed E-state index contributed by atoms with van der Waals surface area (Å²) in [5.74, 6) is 0. The standard InChI is InChI=1S/C11H13F3N2O2S2/c1-2-16(7-10(15)19)20(17,18)9-6-4-3-5-8(9)11(12,13)14/h3-6H,2,7H2,1H3,(H2,15,19). The number of nitrogens with two attached hydrogens (primary N) is 1. The van der Waals surface area contributed by atoms with Crippen LogP contribution in [0.2, 0.25) is 0 Å². The van der Waals surface area contributed by atoms with E-state index in [1.807, 2.05) is 0 Å². The molecule has 4 nitrogen and oxygen atoms in total. The minimum absolute atomic E-state index is 0.0358. The summed E-state index contributed by atoms with van der Waals surface area (Å²) in [6, 6.07) is 4.00. The van der Waals surface area contributed by atoms with E-state index in [4.69, 9.17) is 5.73 Å². The second kappa shape index (κ2) is 6.06. The van der Waals surface area contributed by atoms with Gasteiger partial charge in [0, 0.05) is 6.54 Å². The molecule has 1 aromatic carbocycles. The van der Waals surface area contributed by atoms with Gasteiger partial charge in [-0.2, -0.15) is 17.5 Å². The SMILES string of the molecule is CCN(CC(N)=S)S(=O)(=O)c1ccccc1C(F)(F)F. The van der Waals surface area contributed by atoms with Crippen molar-refractivity contribution in [2.45, 2.75) is 18.0 Å². The zero-order chi connectivity index (χ0) is 15.6. The van der Waals surface area contributed by atoms with Crippen LogP contribution in [-0.2, 0) is 16.2 Å². The Morgan fingerprint density at radius 3 is 2.35 bits per heavy atom. The van der Waals surface area contributed by atoms with Crippen molar-refractivity contribution in [1.82, 2.24) is 4.31 Å². The fourth-order valence-electron chi connectivity index (χ4n) is 1.61. The molecule has 20 heavy (non-hydrogen) atoms. The Bertz CT molecular complexity index is 600. The maximum Gasteiger partial charge on any atom is 0.417 e. The van der Waals surface area contributed by atoms with Crippen LogP contribution in [0, 0.1) is 0 Å². The molecule has 2 N–H and O–H groups in total. The Balaban J connectivity index is 3.39. The van der Waals surface area contributed by atoms with Crippen molar-refractivity contribution < 1.29 is 21.6 Å². The van der Waals surface area contributed by atoms with Crippen molar-refractivity contribution in [3.05, 3.63) is 29.8 Å². The van der Waals surface area contributed by atoms with E-state index in [1.165, 1.54) is 13.0 Å². The predicted octanol–water partition coefficient (Wildman–Crippen LogP) is 2.00. The zero-order valence-electron chi connectivity index (χ0n) is 10.5. The third-order valence-corrected chi connectivity index (χ3v) is 4.60. The molecule has 0 aromatic heterocycles. The molecular formula is C11H13F3N2O2S2. The van der Waals surface area contributed by atoms with Gasteiger partial charge in [-0.25, -0.2) is 8.42 Å². The van der Waals surface area contributed by atoms with Gasteiger partial charge >= 0.3 is 6.18 Å². The minimum atomic E-state index is -4.76. The molecule has 0 aliphatic carbocycles. The van der Waals surface area contributed by atoms with Crippen LogP contribution in [-0.4, -0.2) is 30.8 Å². The van der Waals surface area contributed by atoms with Crippen molar-refractivity contribution in [1.29, 1.82) is 0 Å². The molecule has 0 spiro atoms. The maximum absolute atomic E-state index is 12.9. The van der Waals surface area contributed by atoms with Gasteiger partial charge in [0.15, 0.2) is 0 Å². The highest BCUT2D eigenvalue weighted by Gasteiger charge is 2.38. The van der Waals surface area contributed by atoms with Gasteiger partial charge in [-0.3, -0.25) is 0 Å². The number of likely N-dealkylation sites (N-methyl/N-ethyl adjacent to an activating group) is 1. The first-order chi connectivity index (χ1) is 9.10. The summed E-state index contributed by atoms with van der Waals surface area (Å²) in [4.78, 5) is -0.912. The maximum atomic E-state index is 12.9. The average molecular weight is 326 g/mol. The van der Waals surface area contributed by atoms with Gasteiger partial charge in [0.05, 0.1) is 22.0 Å². The number of sulfonamides is 1. The third kappa shape index (κ3) is 3.68. The molecule has 0 unspecified atom stereocenters. The van der Waals surface area contributed by atoms with Gasteiger partial charge in [-0.1, -0.05) is 31.3 Å². The topological polar surface area (TPSA) is 63.4 Å². The minimum Gasteiger partial charge on any atom is -0.392 e. The first-order valence-electron chi connectivity index (χ1n) is 5.55. The number of rotatable bonds is 5. The Labute approximate surface area is 120 Å². The lowest BCUT2D eigenvalue weighted by Crippen LogP contribution is -2.38. The number of halogens is 3. The van der Waals surface area contributed by atoms with Gasteiger partial charge in [0.2, 0.25) is 10.0 Å². The molecule has 0 aliphatic rings. The van der Waals surface area contributed by atoms with E-state index in [2.05, 4.69) is 12.2 Å². The highest BCUT2D eigenvalue weighted by molar-refractivity contribution is 7.89. The molecule has 0 amide bonds. The molecule has 0 atom stereocenters. The van der Waals surface area contributed by atoms with E-state index in [9.17, 15) is 21.6 Å².